The van der Waals surface area contributed by atoms with Crippen LogP contribution in [0.2, 0.25) is 0 Å². The molecule has 1 saturated heterocycles. The van der Waals surface area contributed by atoms with E-state index in [1.54, 1.807) is 0 Å². The average molecular weight is 293 g/mol. The fourth-order valence-corrected chi connectivity index (χ4v) is 3.01. The van der Waals surface area contributed by atoms with Crippen molar-refractivity contribution in [2.24, 2.45) is 0 Å². The fraction of sp³-hybridized carbons (Fsp3) is 0.588. The van der Waals surface area contributed by atoms with Crippen LogP contribution in [0, 0.1) is 5.82 Å². The SMILES string of the molecule is C[C@H](CN1[C@H](C)CCC[C@H]1C)OC(=O)c1ccc(F)cc1. The van der Waals surface area contributed by atoms with E-state index >= 15 is 0 Å². The van der Waals surface area contributed by atoms with Gasteiger partial charge in [0.1, 0.15) is 11.9 Å². The number of hydrogen-bond donors (Lipinski definition) is 0. The van der Waals surface area contributed by atoms with Gasteiger partial charge >= 0.3 is 5.97 Å². The van der Waals surface area contributed by atoms with E-state index in [9.17, 15) is 9.18 Å². The summed E-state index contributed by atoms with van der Waals surface area (Å²) in [5, 5.41) is 0. The van der Waals surface area contributed by atoms with Gasteiger partial charge in [0.15, 0.2) is 0 Å². The zero-order valence-electron chi connectivity index (χ0n) is 13.0. The summed E-state index contributed by atoms with van der Waals surface area (Å²) in [6, 6.07) is 6.51. The highest BCUT2D eigenvalue weighted by Crippen LogP contribution is 2.23. The second-order valence-corrected chi connectivity index (χ2v) is 6.05. The van der Waals surface area contributed by atoms with Crippen LogP contribution < -0.4 is 0 Å². The van der Waals surface area contributed by atoms with Crippen molar-refractivity contribution in [1.29, 1.82) is 0 Å². The van der Waals surface area contributed by atoms with Gasteiger partial charge < -0.3 is 4.74 Å². The number of esters is 1. The van der Waals surface area contributed by atoms with Gasteiger partial charge in [-0.3, -0.25) is 4.90 Å². The van der Waals surface area contributed by atoms with Crippen molar-refractivity contribution >= 4 is 5.97 Å². The van der Waals surface area contributed by atoms with E-state index in [-0.39, 0.29) is 17.9 Å². The first kappa shape index (κ1) is 16.0. The predicted octanol–water partition coefficient (Wildman–Crippen LogP) is 3.63. The van der Waals surface area contributed by atoms with Crippen molar-refractivity contribution in [2.45, 2.75) is 58.2 Å². The Hall–Kier alpha value is -1.42. The summed E-state index contributed by atoms with van der Waals surface area (Å²) < 4.78 is 18.3. The van der Waals surface area contributed by atoms with Crippen molar-refractivity contribution in [1.82, 2.24) is 4.90 Å². The van der Waals surface area contributed by atoms with E-state index in [2.05, 4.69) is 18.7 Å². The molecule has 0 amide bonds. The molecule has 21 heavy (non-hydrogen) atoms. The number of carbonyl (C=O) groups is 1. The smallest absolute Gasteiger partial charge is 0.338 e. The number of ether oxygens (including phenoxy) is 1. The zero-order chi connectivity index (χ0) is 15.4. The molecule has 0 aliphatic carbocycles. The first-order chi connectivity index (χ1) is 9.97. The van der Waals surface area contributed by atoms with Gasteiger partial charge in [-0.2, -0.15) is 0 Å². The van der Waals surface area contributed by atoms with Crippen molar-refractivity contribution in [2.75, 3.05) is 6.54 Å². The lowest BCUT2D eigenvalue weighted by molar-refractivity contribution is 0.00811. The van der Waals surface area contributed by atoms with Gasteiger partial charge in [-0.25, -0.2) is 9.18 Å². The van der Waals surface area contributed by atoms with Crippen LogP contribution in [0.4, 0.5) is 4.39 Å². The molecule has 0 bridgehead atoms. The Kier molecular flexibility index (Phi) is 5.34. The Morgan fingerprint density at radius 2 is 1.86 bits per heavy atom. The topological polar surface area (TPSA) is 29.5 Å². The monoisotopic (exact) mass is 293 g/mol. The molecule has 0 saturated carbocycles. The molecule has 2 rings (SSSR count). The van der Waals surface area contributed by atoms with Gasteiger partial charge in [0, 0.05) is 18.6 Å². The molecule has 0 N–H and O–H groups in total. The molecule has 1 heterocycles. The summed E-state index contributed by atoms with van der Waals surface area (Å²) in [4.78, 5) is 14.4. The van der Waals surface area contributed by atoms with Gasteiger partial charge in [-0.15, -0.1) is 0 Å². The van der Waals surface area contributed by atoms with E-state index < -0.39 is 0 Å². The highest BCUT2D eigenvalue weighted by atomic mass is 19.1. The molecule has 0 unspecified atom stereocenters. The molecule has 1 aliphatic heterocycles. The average Bonchev–Trinajstić information content (AvgIpc) is 2.43. The van der Waals surface area contributed by atoms with Crippen molar-refractivity contribution in [3.8, 4) is 0 Å². The number of hydrogen-bond acceptors (Lipinski definition) is 3. The summed E-state index contributed by atoms with van der Waals surface area (Å²) in [5.74, 6) is -0.740. The normalized spacial score (nSPS) is 24.6. The lowest BCUT2D eigenvalue weighted by Gasteiger charge is -2.40. The third-order valence-electron chi connectivity index (χ3n) is 4.23. The first-order valence-corrected chi connectivity index (χ1v) is 7.69. The van der Waals surface area contributed by atoms with E-state index in [1.807, 2.05) is 6.92 Å². The Balaban J connectivity index is 1.90. The third kappa shape index (κ3) is 4.27. The molecule has 3 atom stereocenters. The van der Waals surface area contributed by atoms with Crippen molar-refractivity contribution < 1.29 is 13.9 Å². The number of carbonyl (C=O) groups excluding carboxylic acids is 1. The minimum absolute atomic E-state index is 0.175. The molecule has 116 valence electrons. The molecule has 1 aromatic carbocycles. The molecule has 1 fully saturated rings. The van der Waals surface area contributed by atoms with Gasteiger partial charge in [-0.05, 0) is 57.9 Å². The van der Waals surface area contributed by atoms with Crippen LogP contribution in [0.3, 0.4) is 0 Å². The van der Waals surface area contributed by atoms with Crippen LogP contribution in [0.25, 0.3) is 0 Å². The van der Waals surface area contributed by atoms with Gasteiger partial charge in [-0.1, -0.05) is 6.42 Å². The number of benzene rings is 1. The molecule has 1 aromatic rings. The van der Waals surface area contributed by atoms with E-state index in [4.69, 9.17) is 4.74 Å². The molecule has 4 heteroatoms. The van der Waals surface area contributed by atoms with Gasteiger partial charge in [0.05, 0.1) is 5.56 Å². The number of nitrogens with zero attached hydrogens (tertiary/aromatic N) is 1. The molecule has 1 aliphatic rings. The highest BCUT2D eigenvalue weighted by molar-refractivity contribution is 5.89. The Morgan fingerprint density at radius 1 is 1.29 bits per heavy atom. The highest BCUT2D eigenvalue weighted by Gasteiger charge is 2.26. The van der Waals surface area contributed by atoms with E-state index in [0.29, 0.717) is 17.6 Å². The third-order valence-corrected chi connectivity index (χ3v) is 4.23. The van der Waals surface area contributed by atoms with Gasteiger partial charge in [0.2, 0.25) is 0 Å². The molecule has 0 aromatic heterocycles. The molecular weight excluding hydrogens is 269 g/mol. The first-order valence-electron chi connectivity index (χ1n) is 7.69. The molecule has 3 nitrogen and oxygen atoms in total. The van der Waals surface area contributed by atoms with Crippen LogP contribution in [0.1, 0.15) is 50.4 Å². The van der Waals surface area contributed by atoms with Crippen LogP contribution in [0.5, 0.6) is 0 Å². The Morgan fingerprint density at radius 3 is 2.43 bits per heavy atom. The summed E-state index contributed by atoms with van der Waals surface area (Å²) in [5.41, 5.74) is 0.392. The van der Waals surface area contributed by atoms with E-state index in [1.165, 1.54) is 43.5 Å². The van der Waals surface area contributed by atoms with Crippen molar-refractivity contribution in [3.63, 3.8) is 0 Å². The van der Waals surface area contributed by atoms with Crippen LogP contribution in [0.15, 0.2) is 24.3 Å². The van der Waals surface area contributed by atoms with Crippen LogP contribution in [-0.4, -0.2) is 35.6 Å². The quantitative estimate of drug-likeness (QED) is 0.794. The summed E-state index contributed by atoms with van der Waals surface area (Å²) in [6.45, 7) is 7.11. The second-order valence-electron chi connectivity index (χ2n) is 6.05. The predicted molar refractivity (Wildman–Crippen MR) is 80.8 cm³/mol. The largest absolute Gasteiger partial charge is 0.458 e. The summed E-state index contributed by atoms with van der Waals surface area (Å²) >= 11 is 0. The minimum atomic E-state index is -0.389. The second kappa shape index (κ2) is 7.03. The van der Waals surface area contributed by atoms with Crippen LogP contribution in [-0.2, 0) is 4.74 Å². The maximum atomic E-state index is 12.8. The van der Waals surface area contributed by atoms with Gasteiger partial charge in [0.25, 0.3) is 0 Å². The number of rotatable bonds is 4. The lowest BCUT2D eigenvalue weighted by atomic mass is 9.97. The zero-order valence-corrected chi connectivity index (χ0v) is 13.0. The molecule has 0 radical (unpaired) electrons. The maximum Gasteiger partial charge on any atom is 0.338 e. The van der Waals surface area contributed by atoms with Crippen molar-refractivity contribution in [3.05, 3.63) is 35.6 Å². The number of likely N-dealkylation sites (tertiary alicyclic amines) is 1. The molecule has 0 spiro atoms. The fourth-order valence-electron chi connectivity index (χ4n) is 3.01. The van der Waals surface area contributed by atoms with Crippen LogP contribution >= 0.6 is 0 Å². The maximum absolute atomic E-state index is 12.8. The lowest BCUT2D eigenvalue weighted by Crippen LogP contribution is -2.47. The Labute approximate surface area is 126 Å². The van der Waals surface area contributed by atoms with E-state index in [0.717, 1.165) is 6.54 Å². The number of piperidine rings is 1. The minimum Gasteiger partial charge on any atom is -0.458 e. The number of halogens is 1. The molecular formula is C17H24FNO2. The summed E-state index contributed by atoms with van der Waals surface area (Å²) in [7, 11) is 0. The summed E-state index contributed by atoms with van der Waals surface area (Å²) in [6.07, 6.45) is 3.49. The Bertz CT molecular complexity index is 464. The standard InChI is InChI=1S/C17H24FNO2/c1-12-5-4-6-13(2)19(12)11-14(3)21-17(20)15-7-9-16(18)10-8-15/h7-10,12-14H,4-6,11H2,1-3H3/t12-,13-,14-/m1/s1.